The van der Waals surface area contributed by atoms with Crippen LogP contribution in [-0.2, 0) is 21.6 Å². The van der Waals surface area contributed by atoms with Crippen LogP contribution in [0.2, 0.25) is 0 Å². The van der Waals surface area contributed by atoms with Gasteiger partial charge in [0.2, 0.25) is 0 Å². The largest absolute Gasteiger partial charge is 0.493 e. The van der Waals surface area contributed by atoms with Crippen LogP contribution in [0.15, 0.2) is 30.3 Å². The minimum Gasteiger partial charge on any atom is -0.493 e. The highest BCUT2D eigenvalue weighted by Crippen LogP contribution is 2.41. The van der Waals surface area contributed by atoms with Gasteiger partial charge in [0.05, 0.1) is 19.3 Å². The molecule has 1 N–H and O–H groups in total. The number of imide groups is 1. The number of Topliss-reactive ketones (excluding diaryl/α,β-unsaturated/α-hetero) is 1. The van der Waals surface area contributed by atoms with Crippen LogP contribution in [0.1, 0.15) is 46.6 Å². The van der Waals surface area contributed by atoms with E-state index in [0.29, 0.717) is 36.4 Å². The molecule has 1 aromatic heterocycles. The monoisotopic (exact) mass is 437 g/mol. The van der Waals surface area contributed by atoms with Gasteiger partial charge < -0.3 is 19.4 Å². The molecule has 32 heavy (non-hydrogen) atoms. The van der Waals surface area contributed by atoms with Gasteiger partial charge in [0.25, 0.3) is 5.91 Å². The molecule has 3 aliphatic heterocycles. The molecule has 2 atom stereocenters. The number of ether oxygens (including phenoxy) is 2. The first kappa shape index (κ1) is 20.8. The van der Waals surface area contributed by atoms with Crippen molar-refractivity contribution in [1.29, 1.82) is 0 Å². The van der Waals surface area contributed by atoms with E-state index in [9.17, 15) is 14.4 Å². The van der Waals surface area contributed by atoms with E-state index in [4.69, 9.17) is 9.47 Å². The van der Waals surface area contributed by atoms with Crippen molar-refractivity contribution in [3.8, 4) is 5.75 Å². The van der Waals surface area contributed by atoms with E-state index in [1.165, 1.54) is 0 Å². The molecule has 0 aliphatic carbocycles. The summed E-state index contributed by atoms with van der Waals surface area (Å²) < 4.78 is 13.5. The van der Waals surface area contributed by atoms with Crippen molar-refractivity contribution in [2.24, 2.45) is 0 Å². The highest BCUT2D eigenvalue weighted by Gasteiger charge is 2.55. The Morgan fingerprint density at radius 3 is 2.81 bits per heavy atom. The van der Waals surface area contributed by atoms with Gasteiger partial charge in [0.15, 0.2) is 11.3 Å². The molecule has 8 nitrogen and oxygen atoms in total. The second-order valence-corrected chi connectivity index (χ2v) is 8.78. The predicted octanol–water partition coefficient (Wildman–Crippen LogP) is 2.70. The lowest BCUT2D eigenvalue weighted by Gasteiger charge is -2.33. The van der Waals surface area contributed by atoms with Gasteiger partial charge in [-0.3, -0.25) is 14.5 Å². The van der Waals surface area contributed by atoms with Crippen LogP contribution in [0.3, 0.4) is 0 Å². The number of para-hydroxylation sites is 1. The number of hydrogen-bond donors (Lipinski definition) is 1. The van der Waals surface area contributed by atoms with Crippen molar-refractivity contribution >= 4 is 17.7 Å². The maximum absolute atomic E-state index is 13.4. The number of carbonyl (C=O) groups is 3. The molecule has 2 aromatic rings. The summed E-state index contributed by atoms with van der Waals surface area (Å²) in [7, 11) is 0. The van der Waals surface area contributed by atoms with E-state index in [1.54, 1.807) is 12.1 Å². The zero-order valence-corrected chi connectivity index (χ0v) is 18.3. The third kappa shape index (κ3) is 3.21. The molecule has 1 spiro atoms. The number of carbonyl (C=O) groups excluding carboxylic acids is 3. The van der Waals surface area contributed by atoms with Gasteiger partial charge in [-0.05, 0) is 38.8 Å². The summed E-state index contributed by atoms with van der Waals surface area (Å²) in [6.45, 7) is 5.36. The minimum atomic E-state index is -1.18. The summed E-state index contributed by atoms with van der Waals surface area (Å²) in [6, 6.07) is 8.50. The van der Waals surface area contributed by atoms with Crippen molar-refractivity contribution in [3.05, 3.63) is 52.8 Å². The van der Waals surface area contributed by atoms with Gasteiger partial charge in [0.1, 0.15) is 5.75 Å². The standard InChI is InChI=1S/C24H27N3O5/c1-15-12-18(16(2)26(15)13-17-6-5-10-31-17)20(28)14-27-22(29)24(25-23(27)30)9-11-32-21-8-4-3-7-19(21)24/h3-4,7-8,12,17H,5-6,9-11,13-14H2,1-2H3,(H,25,30)/t17-,24+/m1/s1. The summed E-state index contributed by atoms with van der Waals surface area (Å²) in [5.41, 5.74) is 1.79. The number of nitrogens with zero attached hydrogens (tertiary/aromatic N) is 2. The van der Waals surface area contributed by atoms with Crippen molar-refractivity contribution < 1.29 is 23.9 Å². The van der Waals surface area contributed by atoms with E-state index < -0.39 is 17.5 Å². The molecule has 2 fully saturated rings. The maximum atomic E-state index is 13.4. The van der Waals surface area contributed by atoms with Gasteiger partial charge in [0, 0.05) is 42.1 Å². The number of hydrogen-bond acceptors (Lipinski definition) is 5. The summed E-state index contributed by atoms with van der Waals surface area (Å²) in [6.07, 6.45) is 2.55. The first-order valence-electron chi connectivity index (χ1n) is 11.1. The number of fused-ring (bicyclic) bond motifs is 2. The Bertz CT molecular complexity index is 1100. The molecule has 1 aromatic carbocycles. The molecule has 0 saturated carbocycles. The number of amides is 3. The number of rotatable bonds is 5. The van der Waals surface area contributed by atoms with Gasteiger partial charge in [-0.2, -0.15) is 0 Å². The molecule has 3 amide bonds. The third-order valence-electron chi connectivity index (χ3n) is 6.84. The van der Waals surface area contributed by atoms with Gasteiger partial charge in [-0.15, -0.1) is 0 Å². The maximum Gasteiger partial charge on any atom is 0.325 e. The van der Waals surface area contributed by atoms with Gasteiger partial charge in [-0.1, -0.05) is 18.2 Å². The van der Waals surface area contributed by atoms with E-state index in [-0.39, 0.29) is 18.4 Å². The number of aromatic nitrogens is 1. The zero-order valence-electron chi connectivity index (χ0n) is 18.3. The normalized spacial score (nSPS) is 24.6. The Labute approximate surface area is 186 Å². The SMILES string of the molecule is Cc1cc(C(=O)CN2C(=O)N[C@]3(CCOc4ccccc43)C2=O)c(C)n1C[C@H]1CCCO1. The summed E-state index contributed by atoms with van der Waals surface area (Å²) in [5, 5.41) is 2.85. The Kier molecular flexibility index (Phi) is 5.04. The number of urea groups is 1. The molecule has 0 radical (unpaired) electrons. The fourth-order valence-electron chi connectivity index (χ4n) is 5.10. The van der Waals surface area contributed by atoms with E-state index >= 15 is 0 Å². The summed E-state index contributed by atoms with van der Waals surface area (Å²) >= 11 is 0. The van der Waals surface area contributed by atoms with Crippen molar-refractivity contribution in [3.63, 3.8) is 0 Å². The predicted molar refractivity (Wildman–Crippen MR) is 116 cm³/mol. The first-order valence-corrected chi connectivity index (χ1v) is 11.1. The average Bonchev–Trinajstić information content (AvgIpc) is 3.46. The Morgan fingerprint density at radius 2 is 2.03 bits per heavy atom. The number of nitrogens with one attached hydrogen (secondary N) is 1. The Morgan fingerprint density at radius 1 is 1.22 bits per heavy atom. The Hall–Kier alpha value is -3.13. The fourth-order valence-corrected chi connectivity index (χ4v) is 5.10. The highest BCUT2D eigenvalue weighted by molar-refractivity contribution is 6.12. The van der Waals surface area contributed by atoms with E-state index in [0.717, 1.165) is 35.7 Å². The van der Waals surface area contributed by atoms with Crippen molar-refractivity contribution in [1.82, 2.24) is 14.8 Å². The lowest BCUT2D eigenvalue weighted by Crippen LogP contribution is -2.47. The van der Waals surface area contributed by atoms with Crippen LogP contribution < -0.4 is 10.1 Å². The van der Waals surface area contributed by atoms with Crippen LogP contribution in [-0.4, -0.2) is 53.1 Å². The minimum absolute atomic E-state index is 0.155. The smallest absolute Gasteiger partial charge is 0.325 e. The van der Waals surface area contributed by atoms with Crippen molar-refractivity contribution in [2.45, 2.75) is 51.3 Å². The van der Waals surface area contributed by atoms with E-state index in [1.807, 2.05) is 32.0 Å². The van der Waals surface area contributed by atoms with E-state index in [2.05, 4.69) is 9.88 Å². The number of ketones is 1. The molecule has 3 aliphatic rings. The molecule has 0 bridgehead atoms. The summed E-state index contributed by atoms with van der Waals surface area (Å²) in [4.78, 5) is 40.5. The van der Waals surface area contributed by atoms with Gasteiger partial charge >= 0.3 is 6.03 Å². The summed E-state index contributed by atoms with van der Waals surface area (Å²) in [5.74, 6) is -0.0735. The zero-order chi connectivity index (χ0) is 22.5. The van der Waals surface area contributed by atoms with Crippen LogP contribution in [0.5, 0.6) is 5.75 Å². The molecular weight excluding hydrogens is 410 g/mol. The molecular formula is C24H27N3O5. The number of benzene rings is 1. The second-order valence-electron chi connectivity index (χ2n) is 8.78. The third-order valence-corrected chi connectivity index (χ3v) is 6.84. The topological polar surface area (TPSA) is 89.9 Å². The average molecular weight is 437 g/mol. The molecule has 2 saturated heterocycles. The molecule has 168 valence electrons. The van der Waals surface area contributed by atoms with Crippen LogP contribution in [0.4, 0.5) is 4.79 Å². The van der Waals surface area contributed by atoms with Crippen LogP contribution in [0, 0.1) is 13.8 Å². The lowest BCUT2D eigenvalue weighted by atomic mass is 9.84. The molecule has 5 rings (SSSR count). The highest BCUT2D eigenvalue weighted by atomic mass is 16.5. The van der Waals surface area contributed by atoms with Crippen LogP contribution >= 0.6 is 0 Å². The molecule has 4 heterocycles. The Balaban J connectivity index is 1.38. The van der Waals surface area contributed by atoms with Crippen LogP contribution in [0.25, 0.3) is 0 Å². The quantitative estimate of drug-likeness (QED) is 0.574. The number of aryl methyl sites for hydroxylation is 1. The molecule has 8 heteroatoms. The van der Waals surface area contributed by atoms with Crippen molar-refractivity contribution in [2.75, 3.05) is 19.8 Å². The molecule has 0 unspecified atom stereocenters. The first-order chi connectivity index (χ1) is 15.4. The van der Waals surface area contributed by atoms with Gasteiger partial charge in [-0.25, -0.2) is 4.79 Å². The second kappa shape index (κ2) is 7.78. The fraction of sp³-hybridized carbons (Fsp3) is 0.458. The lowest BCUT2D eigenvalue weighted by molar-refractivity contribution is -0.132.